The lowest BCUT2D eigenvalue weighted by molar-refractivity contribution is -0.123. The Morgan fingerprint density at radius 1 is 1.47 bits per heavy atom. The molecule has 0 radical (unpaired) electrons. The molecule has 1 fully saturated rings. The molecule has 0 aromatic carbocycles. The zero-order chi connectivity index (χ0) is 11.5. The minimum atomic E-state index is -0.129. The molecule has 0 aromatic heterocycles. The van der Waals surface area contributed by atoms with E-state index in [-0.39, 0.29) is 11.8 Å². The van der Waals surface area contributed by atoms with Crippen LogP contribution >= 0.6 is 0 Å². The summed E-state index contributed by atoms with van der Waals surface area (Å²) in [5.74, 6) is -0.0471. The number of primary amides is 1. The highest BCUT2D eigenvalue weighted by Gasteiger charge is 2.24. The Kier molecular flexibility index (Phi) is 4.14. The van der Waals surface area contributed by atoms with Crippen molar-refractivity contribution >= 4 is 5.91 Å². The Bertz CT molecular complexity index is 220. The molecule has 2 N–H and O–H groups in total. The van der Waals surface area contributed by atoms with E-state index < -0.39 is 0 Å². The van der Waals surface area contributed by atoms with Crippen molar-refractivity contribution in [3.8, 4) is 0 Å². The second-order valence-corrected chi connectivity index (χ2v) is 5.85. The minimum absolute atomic E-state index is 0.0821. The van der Waals surface area contributed by atoms with Crippen LogP contribution in [0, 0.1) is 11.3 Å². The molecule has 15 heavy (non-hydrogen) atoms. The maximum Gasteiger partial charge on any atom is 0.221 e. The highest BCUT2D eigenvalue weighted by Crippen LogP contribution is 2.22. The van der Waals surface area contributed by atoms with Crippen LogP contribution in [0.1, 0.15) is 40.0 Å². The van der Waals surface area contributed by atoms with E-state index in [2.05, 4.69) is 25.7 Å². The van der Waals surface area contributed by atoms with Gasteiger partial charge in [-0.05, 0) is 37.8 Å². The lowest BCUT2D eigenvalue weighted by atomic mass is 9.91. The summed E-state index contributed by atoms with van der Waals surface area (Å²) in [6.07, 6.45) is 3.26. The Balaban J connectivity index is 2.34. The molecular formula is C12H24N2O. The largest absolute Gasteiger partial charge is 0.369 e. The molecule has 1 aliphatic rings. The normalized spacial score (nSPS) is 24.1. The highest BCUT2D eigenvalue weighted by atomic mass is 16.1. The monoisotopic (exact) mass is 212 g/mol. The summed E-state index contributed by atoms with van der Waals surface area (Å²) in [7, 11) is 0. The molecule has 0 aliphatic carbocycles. The molecule has 0 saturated carbocycles. The Hall–Kier alpha value is -0.570. The van der Waals surface area contributed by atoms with Gasteiger partial charge in [0.05, 0.1) is 5.92 Å². The van der Waals surface area contributed by atoms with Crippen molar-refractivity contribution in [3.05, 3.63) is 0 Å². The molecule has 0 bridgehead atoms. The average Bonchev–Trinajstić information content (AvgIpc) is 2.14. The zero-order valence-corrected chi connectivity index (χ0v) is 10.3. The first kappa shape index (κ1) is 12.5. The zero-order valence-electron chi connectivity index (χ0n) is 10.3. The van der Waals surface area contributed by atoms with Crippen molar-refractivity contribution in [1.82, 2.24) is 4.90 Å². The number of nitrogens with two attached hydrogens (primary N) is 1. The number of carbonyl (C=O) groups excluding carboxylic acids is 1. The van der Waals surface area contributed by atoms with Gasteiger partial charge in [0.2, 0.25) is 5.91 Å². The molecular weight excluding hydrogens is 188 g/mol. The molecule has 3 nitrogen and oxygen atoms in total. The molecule has 3 heteroatoms. The number of nitrogens with zero attached hydrogens (tertiary/aromatic N) is 1. The Morgan fingerprint density at radius 2 is 2.13 bits per heavy atom. The second-order valence-electron chi connectivity index (χ2n) is 5.85. The minimum Gasteiger partial charge on any atom is -0.369 e. The molecule has 1 aliphatic heterocycles. The van der Waals surface area contributed by atoms with Gasteiger partial charge in [-0.15, -0.1) is 0 Å². The lowest BCUT2D eigenvalue weighted by Gasteiger charge is -2.33. The standard InChI is InChI=1S/C12H24N2O/c1-12(2,3)6-8-14-7-4-5-10(9-14)11(13)15/h10H,4-9H2,1-3H3,(H2,13,15). The van der Waals surface area contributed by atoms with Crippen LogP contribution in [0.2, 0.25) is 0 Å². The number of carbonyl (C=O) groups is 1. The lowest BCUT2D eigenvalue weighted by Crippen LogP contribution is -2.42. The van der Waals surface area contributed by atoms with Gasteiger partial charge < -0.3 is 10.6 Å². The average molecular weight is 212 g/mol. The number of piperidine rings is 1. The maximum absolute atomic E-state index is 11.1. The van der Waals surface area contributed by atoms with Crippen molar-refractivity contribution < 1.29 is 4.79 Å². The fourth-order valence-corrected chi connectivity index (χ4v) is 1.98. The van der Waals surface area contributed by atoms with Crippen molar-refractivity contribution in [2.45, 2.75) is 40.0 Å². The van der Waals surface area contributed by atoms with E-state index in [9.17, 15) is 4.79 Å². The van der Waals surface area contributed by atoms with Crippen LogP contribution < -0.4 is 5.73 Å². The Morgan fingerprint density at radius 3 is 2.67 bits per heavy atom. The topological polar surface area (TPSA) is 46.3 Å². The van der Waals surface area contributed by atoms with Crippen molar-refractivity contribution in [3.63, 3.8) is 0 Å². The molecule has 1 atom stereocenters. The van der Waals surface area contributed by atoms with Crippen LogP contribution in [0.4, 0.5) is 0 Å². The van der Waals surface area contributed by atoms with Crippen LogP contribution in [0.3, 0.4) is 0 Å². The van der Waals surface area contributed by atoms with Crippen LogP contribution in [-0.4, -0.2) is 30.4 Å². The van der Waals surface area contributed by atoms with Crippen molar-refractivity contribution in [2.75, 3.05) is 19.6 Å². The summed E-state index contributed by atoms with van der Waals surface area (Å²) in [5.41, 5.74) is 5.72. The SMILES string of the molecule is CC(C)(C)CCN1CCCC(C(N)=O)C1. The summed E-state index contributed by atoms with van der Waals surface area (Å²) < 4.78 is 0. The van der Waals surface area contributed by atoms with Gasteiger partial charge in [0.1, 0.15) is 0 Å². The molecule has 88 valence electrons. The van der Waals surface area contributed by atoms with Gasteiger partial charge in [0.15, 0.2) is 0 Å². The summed E-state index contributed by atoms with van der Waals surface area (Å²) in [5, 5.41) is 0. The molecule has 0 spiro atoms. The first-order valence-electron chi connectivity index (χ1n) is 5.90. The van der Waals surface area contributed by atoms with E-state index in [0.29, 0.717) is 5.41 Å². The summed E-state index contributed by atoms with van der Waals surface area (Å²) in [4.78, 5) is 13.5. The van der Waals surface area contributed by atoms with E-state index >= 15 is 0 Å². The quantitative estimate of drug-likeness (QED) is 0.772. The first-order chi connectivity index (χ1) is 6.88. The number of hydrogen-bond donors (Lipinski definition) is 1. The van der Waals surface area contributed by atoms with Gasteiger partial charge in [0, 0.05) is 6.54 Å². The molecule has 1 unspecified atom stereocenters. The molecule has 1 saturated heterocycles. The fourth-order valence-electron chi connectivity index (χ4n) is 1.98. The molecule has 0 aromatic rings. The van der Waals surface area contributed by atoms with E-state index in [1.54, 1.807) is 0 Å². The van der Waals surface area contributed by atoms with Crippen molar-refractivity contribution in [1.29, 1.82) is 0 Å². The summed E-state index contributed by atoms with van der Waals surface area (Å²) in [6.45, 7) is 9.84. The number of amides is 1. The highest BCUT2D eigenvalue weighted by molar-refractivity contribution is 5.76. The number of rotatable bonds is 3. The predicted octanol–water partition coefficient (Wildman–Crippen LogP) is 1.62. The van der Waals surface area contributed by atoms with Crippen LogP contribution in [0.25, 0.3) is 0 Å². The summed E-state index contributed by atoms with van der Waals surface area (Å²) >= 11 is 0. The van der Waals surface area contributed by atoms with Crippen LogP contribution in [0.5, 0.6) is 0 Å². The third-order valence-electron chi connectivity index (χ3n) is 3.09. The Labute approximate surface area is 93.0 Å². The third kappa shape index (κ3) is 4.65. The maximum atomic E-state index is 11.1. The summed E-state index contributed by atoms with van der Waals surface area (Å²) in [6, 6.07) is 0. The second kappa shape index (κ2) is 4.97. The van der Waals surface area contributed by atoms with E-state index in [1.165, 1.54) is 6.42 Å². The van der Waals surface area contributed by atoms with Gasteiger partial charge in [0.25, 0.3) is 0 Å². The fraction of sp³-hybridized carbons (Fsp3) is 0.917. The van der Waals surface area contributed by atoms with Crippen molar-refractivity contribution in [2.24, 2.45) is 17.1 Å². The van der Waals surface area contributed by atoms with Gasteiger partial charge in [-0.3, -0.25) is 4.79 Å². The first-order valence-corrected chi connectivity index (χ1v) is 5.90. The van der Waals surface area contributed by atoms with Gasteiger partial charge in [-0.2, -0.15) is 0 Å². The van der Waals surface area contributed by atoms with Gasteiger partial charge in [-0.1, -0.05) is 20.8 Å². The van der Waals surface area contributed by atoms with E-state index in [4.69, 9.17) is 5.73 Å². The third-order valence-corrected chi connectivity index (χ3v) is 3.09. The van der Waals surface area contributed by atoms with Crippen LogP contribution in [-0.2, 0) is 4.79 Å². The van der Waals surface area contributed by atoms with Gasteiger partial charge in [-0.25, -0.2) is 0 Å². The number of likely N-dealkylation sites (tertiary alicyclic amines) is 1. The van der Waals surface area contributed by atoms with Gasteiger partial charge >= 0.3 is 0 Å². The molecule has 1 heterocycles. The van der Waals surface area contributed by atoms with E-state index in [0.717, 1.165) is 32.5 Å². The predicted molar refractivity (Wildman–Crippen MR) is 62.4 cm³/mol. The smallest absolute Gasteiger partial charge is 0.221 e. The molecule has 1 rings (SSSR count). The molecule has 1 amide bonds. The number of hydrogen-bond acceptors (Lipinski definition) is 2. The van der Waals surface area contributed by atoms with E-state index in [1.807, 2.05) is 0 Å². The van der Waals surface area contributed by atoms with Crippen LogP contribution in [0.15, 0.2) is 0 Å².